The molecule has 0 radical (unpaired) electrons. The minimum Gasteiger partial charge on any atom is -0.504 e. The molecule has 0 aliphatic carbocycles. The molecule has 0 atom stereocenters. The normalized spacial score (nSPS) is 10.4. The number of hydrogen-bond acceptors (Lipinski definition) is 3. The van der Waals surface area contributed by atoms with Crippen LogP contribution >= 0.6 is 0 Å². The molecule has 0 unspecified atom stereocenters. The molecule has 0 fully saturated rings. The predicted octanol–water partition coefficient (Wildman–Crippen LogP) is 2.41. The lowest BCUT2D eigenvalue weighted by Crippen LogP contribution is -1.87. The van der Waals surface area contributed by atoms with Crippen LogP contribution in [-0.2, 0) is 0 Å². The van der Waals surface area contributed by atoms with Crippen molar-refractivity contribution >= 4 is 0 Å². The van der Waals surface area contributed by atoms with Gasteiger partial charge in [-0.2, -0.15) is 0 Å². The summed E-state index contributed by atoms with van der Waals surface area (Å²) in [5.41, 5.74) is 2.57. The Morgan fingerprint density at radius 2 is 2.06 bits per heavy atom. The first-order chi connectivity index (χ1) is 7.63. The minimum atomic E-state index is 0.110. The smallest absolute Gasteiger partial charge is 0.168 e. The molecule has 0 aliphatic heterocycles. The van der Waals surface area contributed by atoms with Crippen LogP contribution < -0.4 is 4.74 Å². The maximum absolute atomic E-state index is 9.96. The van der Waals surface area contributed by atoms with Crippen LogP contribution in [0.4, 0.5) is 0 Å². The zero-order valence-electron chi connectivity index (χ0n) is 9.53. The van der Waals surface area contributed by atoms with Crippen molar-refractivity contribution in [2.24, 2.45) is 0 Å². The number of H-pyrrole nitrogens is 1. The molecule has 0 saturated heterocycles. The van der Waals surface area contributed by atoms with Gasteiger partial charge in [0.15, 0.2) is 11.5 Å². The van der Waals surface area contributed by atoms with E-state index in [0.717, 1.165) is 11.4 Å². The maximum atomic E-state index is 9.96. The topological polar surface area (TPSA) is 58.1 Å². The summed E-state index contributed by atoms with van der Waals surface area (Å²) in [7, 11) is 1.53. The summed E-state index contributed by atoms with van der Waals surface area (Å²) in [6.07, 6.45) is 0. The largest absolute Gasteiger partial charge is 0.504 e. The van der Waals surface area contributed by atoms with E-state index >= 15 is 0 Å². The van der Waals surface area contributed by atoms with Crippen molar-refractivity contribution in [2.75, 3.05) is 7.11 Å². The molecule has 2 aromatic rings. The monoisotopic (exact) mass is 218 g/mol. The van der Waals surface area contributed by atoms with Crippen molar-refractivity contribution < 1.29 is 9.84 Å². The van der Waals surface area contributed by atoms with Crippen LogP contribution in [0.25, 0.3) is 11.4 Å². The van der Waals surface area contributed by atoms with Gasteiger partial charge in [0, 0.05) is 5.69 Å². The lowest BCUT2D eigenvalue weighted by atomic mass is 10.2. The molecule has 16 heavy (non-hydrogen) atoms. The minimum absolute atomic E-state index is 0.110. The number of methoxy groups -OCH3 is 1. The molecule has 84 valence electrons. The second kappa shape index (κ2) is 3.89. The van der Waals surface area contributed by atoms with E-state index in [1.807, 2.05) is 19.9 Å². The molecule has 1 aromatic heterocycles. The zero-order valence-corrected chi connectivity index (χ0v) is 9.53. The van der Waals surface area contributed by atoms with Gasteiger partial charge in [0.25, 0.3) is 0 Å². The number of imidazole rings is 1. The Hall–Kier alpha value is -1.97. The summed E-state index contributed by atoms with van der Waals surface area (Å²) < 4.78 is 5.05. The molecule has 2 rings (SSSR count). The van der Waals surface area contributed by atoms with Gasteiger partial charge in [-0.05, 0) is 26.0 Å². The van der Waals surface area contributed by atoms with Gasteiger partial charge >= 0.3 is 0 Å². The SMILES string of the molecule is COc1cccc(-c2nc(C)c(C)[nH]2)c1O. The summed E-state index contributed by atoms with van der Waals surface area (Å²) in [5.74, 6) is 1.22. The van der Waals surface area contributed by atoms with E-state index < -0.39 is 0 Å². The molecule has 4 heteroatoms. The first-order valence-corrected chi connectivity index (χ1v) is 5.03. The molecule has 4 nitrogen and oxygen atoms in total. The Morgan fingerprint density at radius 3 is 2.62 bits per heavy atom. The van der Waals surface area contributed by atoms with Gasteiger partial charge in [-0.15, -0.1) is 0 Å². The van der Waals surface area contributed by atoms with Crippen molar-refractivity contribution in [1.29, 1.82) is 0 Å². The van der Waals surface area contributed by atoms with Crippen molar-refractivity contribution in [3.8, 4) is 22.9 Å². The van der Waals surface area contributed by atoms with Crippen molar-refractivity contribution in [1.82, 2.24) is 9.97 Å². The summed E-state index contributed by atoms with van der Waals surface area (Å²) in [6, 6.07) is 5.33. The molecule has 2 N–H and O–H groups in total. The molecule has 1 heterocycles. The van der Waals surface area contributed by atoms with Crippen LogP contribution in [0, 0.1) is 13.8 Å². The van der Waals surface area contributed by atoms with Crippen LogP contribution in [0.5, 0.6) is 11.5 Å². The Labute approximate surface area is 93.9 Å². The third-order valence-corrected chi connectivity index (χ3v) is 2.60. The van der Waals surface area contributed by atoms with Crippen LogP contribution in [0.2, 0.25) is 0 Å². The maximum Gasteiger partial charge on any atom is 0.168 e. The van der Waals surface area contributed by atoms with Crippen molar-refractivity contribution in [2.45, 2.75) is 13.8 Å². The fourth-order valence-electron chi connectivity index (χ4n) is 1.55. The van der Waals surface area contributed by atoms with E-state index in [0.29, 0.717) is 17.1 Å². The third-order valence-electron chi connectivity index (χ3n) is 2.60. The highest BCUT2D eigenvalue weighted by Crippen LogP contribution is 2.35. The standard InChI is InChI=1S/C12H14N2O2/c1-7-8(2)14-12(13-7)9-5-4-6-10(16-3)11(9)15/h4-6,15H,1-3H3,(H,13,14). The second-order valence-corrected chi connectivity index (χ2v) is 3.65. The number of aryl methyl sites for hydroxylation is 2. The number of aromatic amines is 1. The van der Waals surface area contributed by atoms with Crippen LogP contribution in [-0.4, -0.2) is 22.2 Å². The molecule has 1 aromatic carbocycles. The molecule has 0 spiro atoms. The Morgan fingerprint density at radius 1 is 1.31 bits per heavy atom. The van der Waals surface area contributed by atoms with E-state index in [4.69, 9.17) is 4.74 Å². The van der Waals surface area contributed by atoms with Gasteiger partial charge in [-0.1, -0.05) is 6.07 Å². The quantitative estimate of drug-likeness (QED) is 0.813. The molecular formula is C12H14N2O2. The van der Waals surface area contributed by atoms with E-state index in [1.54, 1.807) is 12.1 Å². The van der Waals surface area contributed by atoms with Gasteiger partial charge in [-0.3, -0.25) is 0 Å². The number of hydrogen-bond donors (Lipinski definition) is 2. The molecule has 0 saturated carbocycles. The van der Waals surface area contributed by atoms with Gasteiger partial charge in [0.05, 0.1) is 18.4 Å². The van der Waals surface area contributed by atoms with Gasteiger partial charge in [0.1, 0.15) is 5.82 Å². The number of nitrogens with one attached hydrogen (secondary N) is 1. The first-order valence-electron chi connectivity index (χ1n) is 5.03. The number of para-hydroxylation sites is 1. The third kappa shape index (κ3) is 1.62. The van der Waals surface area contributed by atoms with Crippen LogP contribution in [0.15, 0.2) is 18.2 Å². The zero-order chi connectivity index (χ0) is 11.7. The van der Waals surface area contributed by atoms with Gasteiger partial charge in [0.2, 0.25) is 0 Å². The average Bonchev–Trinajstić information content (AvgIpc) is 2.59. The second-order valence-electron chi connectivity index (χ2n) is 3.65. The number of benzene rings is 1. The molecule has 0 bridgehead atoms. The Kier molecular flexibility index (Phi) is 2.56. The lowest BCUT2D eigenvalue weighted by Gasteiger charge is -2.06. The van der Waals surface area contributed by atoms with Gasteiger partial charge < -0.3 is 14.8 Å². The van der Waals surface area contributed by atoms with Gasteiger partial charge in [-0.25, -0.2) is 4.98 Å². The molecule has 0 aliphatic rings. The van der Waals surface area contributed by atoms with E-state index in [9.17, 15) is 5.11 Å². The van der Waals surface area contributed by atoms with E-state index in [-0.39, 0.29) is 5.75 Å². The Bertz CT molecular complexity index is 498. The van der Waals surface area contributed by atoms with Crippen LogP contribution in [0.3, 0.4) is 0 Å². The predicted molar refractivity (Wildman–Crippen MR) is 61.7 cm³/mol. The van der Waals surface area contributed by atoms with Crippen molar-refractivity contribution in [3.05, 3.63) is 29.6 Å². The summed E-state index contributed by atoms with van der Waals surface area (Å²) in [5, 5.41) is 9.96. The number of nitrogens with zero attached hydrogens (tertiary/aromatic N) is 1. The summed E-state index contributed by atoms with van der Waals surface area (Å²) in [4.78, 5) is 7.47. The van der Waals surface area contributed by atoms with Crippen molar-refractivity contribution in [3.63, 3.8) is 0 Å². The van der Waals surface area contributed by atoms with Crippen LogP contribution in [0.1, 0.15) is 11.4 Å². The highest BCUT2D eigenvalue weighted by atomic mass is 16.5. The number of phenols is 1. The summed E-state index contributed by atoms with van der Waals surface area (Å²) in [6.45, 7) is 3.87. The molecule has 0 amide bonds. The first kappa shape index (κ1) is 10.5. The van der Waals surface area contributed by atoms with E-state index in [2.05, 4.69) is 9.97 Å². The average molecular weight is 218 g/mol. The summed E-state index contributed by atoms with van der Waals surface area (Å²) >= 11 is 0. The number of ether oxygens (including phenoxy) is 1. The number of aromatic nitrogens is 2. The van der Waals surface area contributed by atoms with E-state index in [1.165, 1.54) is 7.11 Å². The fraction of sp³-hybridized carbons (Fsp3) is 0.250. The number of aromatic hydroxyl groups is 1. The fourth-order valence-corrected chi connectivity index (χ4v) is 1.55. The highest BCUT2D eigenvalue weighted by Gasteiger charge is 2.12. The number of rotatable bonds is 2. The lowest BCUT2D eigenvalue weighted by molar-refractivity contribution is 0.374. The Balaban J connectivity index is 2.55. The highest BCUT2D eigenvalue weighted by molar-refractivity contribution is 5.68. The number of phenolic OH excluding ortho intramolecular Hbond substituents is 1. The molecular weight excluding hydrogens is 204 g/mol.